The third kappa shape index (κ3) is 4.85. The first kappa shape index (κ1) is 25.8. The molecular formula is C29H34FN5O3. The van der Waals surface area contributed by atoms with Gasteiger partial charge in [0.1, 0.15) is 24.3 Å². The van der Waals surface area contributed by atoms with E-state index in [0.717, 1.165) is 44.8 Å². The summed E-state index contributed by atoms with van der Waals surface area (Å²) in [6.45, 7) is 6.47. The zero-order valence-corrected chi connectivity index (χ0v) is 22.5. The van der Waals surface area contributed by atoms with E-state index >= 15 is 0 Å². The molecule has 1 saturated heterocycles. The number of ether oxygens (including phenoxy) is 2. The average Bonchev–Trinajstić information content (AvgIpc) is 3.61. The van der Waals surface area contributed by atoms with Crippen LogP contribution < -0.4 is 9.47 Å². The maximum atomic E-state index is 13.0. The summed E-state index contributed by atoms with van der Waals surface area (Å²) in [4.78, 5) is 15.0. The van der Waals surface area contributed by atoms with Crippen LogP contribution in [0.15, 0.2) is 48.8 Å². The summed E-state index contributed by atoms with van der Waals surface area (Å²) in [6.07, 6.45) is 3.80. The summed E-state index contributed by atoms with van der Waals surface area (Å²) in [5.74, 6) is 1.70. The third-order valence-corrected chi connectivity index (χ3v) is 7.70. The van der Waals surface area contributed by atoms with Gasteiger partial charge in [-0.1, -0.05) is 12.1 Å². The van der Waals surface area contributed by atoms with Crippen molar-refractivity contribution >= 4 is 16.8 Å². The molecule has 3 heterocycles. The van der Waals surface area contributed by atoms with E-state index in [9.17, 15) is 9.18 Å². The number of hydrogen-bond donors (Lipinski definition) is 0. The van der Waals surface area contributed by atoms with E-state index in [1.54, 1.807) is 18.0 Å². The number of fused-ring (bicyclic) bond motifs is 1. The normalized spacial score (nSPS) is 17.3. The minimum Gasteiger partial charge on any atom is -0.497 e. The van der Waals surface area contributed by atoms with Gasteiger partial charge in [0.05, 0.1) is 36.8 Å². The fourth-order valence-electron chi connectivity index (χ4n) is 5.23. The number of aromatic nitrogens is 4. The lowest BCUT2D eigenvalue weighted by Crippen LogP contribution is -2.31. The Morgan fingerprint density at radius 3 is 2.63 bits per heavy atom. The number of amides is 1. The molecule has 8 nitrogen and oxygen atoms in total. The molecule has 4 aromatic rings. The number of rotatable bonds is 9. The fraction of sp³-hybridized carbons (Fsp3) is 0.414. The molecule has 3 atom stereocenters. The SMILES string of the molecule is COc1ccc([C@H](C)N2C[C@H]([C@@H](C)Oc3cc(-c4cnn(CCF)c4)cc4nn(C)c(C)c34)CC2=O)cc1. The summed E-state index contributed by atoms with van der Waals surface area (Å²) in [5.41, 5.74) is 4.67. The smallest absolute Gasteiger partial charge is 0.223 e. The fourth-order valence-corrected chi connectivity index (χ4v) is 5.23. The molecule has 1 aliphatic heterocycles. The Bertz CT molecular complexity index is 1440. The zero-order valence-electron chi connectivity index (χ0n) is 22.5. The molecule has 0 bridgehead atoms. The molecule has 0 aliphatic carbocycles. The molecule has 38 heavy (non-hydrogen) atoms. The first-order valence-electron chi connectivity index (χ1n) is 12.9. The number of methoxy groups -OCH3 is 1. The Labute approximate surface area is 221 Å². The van der Waals surface area contributed by atoms with Gasteiger partial charge in [0.2, 0.25) is 5.91 Å². The lowest BCUT2D eigenvalue weighted by Gasteiger charge is -2.27. The van der Waals surface area contributed by atoms with E-state index in [2.05, 4.69) is 17.1 Å². The van der Waals surface area contributed by atoms with Gasteiger partial charge in [-0.25, -0.2) is 4.39 Å². The summed E-state index contributed by atoms with van der Waals surface area (Å²) in [7, 11) is 3.56. The minimum atomic E-state index is -0.473. The molecule has 2 aromatic heterocycles. The second-order valence-electron chi connectivity index (χ2n) is 10.0. The molecule has 0 saturated carbocycles. The van der Waals surface area contributed by atoms with E-state index in [0.29, 0.717) is 13.0 Å². The van der Waals surface area contributed by atoms with Gasteiger partial charge in [-0.15, -0.1) is 0 Å². The molecule has 0 unspecified atom stereocenters. The van der Waals surface area contributed by atoms with E-state index in [1.165, 1.54) is 0 Å². The molecule has 5 rings (SSSR count). The largest absolute Gasteiger partial charge is 0.497 e. The average molecular weight is 520 g/mol. The Hall–Kier alpha value is -3.88. The van der Waals surface area contributed by atoms with Gasteiger partial charge >= 0.3 is 0 Å². The van der Waals surface area contributed by atoms with Gasteiger partial charge in [0.15, 0.2) is 0 Å². The standard InChI is InChI=1S/C29H34FN5O3/c1-18(21-6-8-25(37-5)9-7-21)35-17-23(14-28(35)36)20(3)38-27-13-22(24-15-31-34(16-24)11-10-30)12-26-29(27)19(2)33(4)32-26/h6-9,12-13,15-16,18,20,23H,10-11,14,17H2,1-5H3/t18-,20+,23+/m0/s1. The van der Waals surface area contributed by atoms with E-state index in [1.807, 2.05) is 73.1 Å². The highest BCUT2D eigenvalue weighted by atomic mass is 19.1. The molecule has 1 aliphatic rings. The molecule has 0 radical (unpaired) electrons. The number of halogens is 1. The van der Waals surface area contributed by atoms with Crippen LogP contribution in [0.1, 0.15) is 37.6 Å². The number of carbonyl (C=O) groups is 1. The molecule has 200 valence electrons. The van der Waals surface area contributed by atoms with Crippen molar-refractivity contribution in [1.29, 1.82) is 0 Å². The Kier molecular flexibility index (Phi) is 7.10. The quantitative estimate of drug-likeness (QED) is 0.308. The van der Waals surface area contributed by atoms with Crippen molar-refractivity contribution in [3.63, 3.8) is 0 Å². The second-order valence-corrected chi connectivity index (χ2v) is 10.0. The molecule has 1 fully saturated rings. The molecule has 1 amide bonds. The zero-order chi connectivity index (χ0) is 27.0. The molecular weight excluding hydrogens is 485 g/mol. The van der Waals surface area contributed by atoms with Gasteiger partial charge in [-0.05, 0) is 56.2 Å². The van der Waals surface area contributed by atoms with Crippen LogP contribution in [0.2, 0.25) is 0 Å². The number of nitrogens with zero attached hydrogens (tertiary/aromatic N) is 5. The predicted octanol–water partition coefficient (Wildman–Crippen LogP) is 5.10. The van der Waals surface area contributed by atoms with Crippen LogP contribution >= 0.6 is 0 Å². The van der Waals surface area contributed by atoms with E-state index < -0.39 is 6.67 Å². The molecule has 0 N–H and O–H groups in total. The van der Waals surface area contributed by atoms with Crippen LogP contribution in [0.4, 0.5) is 4.39 Å². The van der Waals surface area contributed by atoms with Crippen molar-refractivity contribution in [3.05, 3.63) is 60.0 Å². The van der Waals surface area contributed by atoms with E-state index in [4.69, 9.17) is 9.47 Å². The van der Waals surface area contributed by atoms with Crippen LogP contribution in [-0.2, 0) is 18.4 Å². The van der Waals surface area contributed by atoms with Crippen LogP contribution in [0.3, 0.4) is 0 Å². The topological polar surface area (TPSA) is 74.4 Å². The van der Waals surface area contributed by atoms with Crippen molar-refractivity contribution in [3.8, 4) is 22.6 Å². The number of hydrogen-bond acceptors (Lipinski definition) is 5. The van der Waals surface area contributed by atoms with Crippen LogP contribution in [0.25, 0.3) is 22.0 Å². The minimum absolute atomic E-state index is 0.0398. The van der Waals surface area contributed by atoms with Crippen LogP contribution in [-0.4, -0.2) is 56.8 Å². The van der Waals surface area contributed by atoms with Crippen LogP contribution in [0.5, 0.6) is 11.5 Å². The number of alkyl halides is 1. The summed E-state index contributed by atoms with van der Waals surface area (Å²) >= 11 is 0. The Morgan fingerprint density at radius 2 is 1.92 bits per heavy atom. The highest BCUT2D eigenvalue weighted by Gasteiger charge is 2.37. The lowest BCUT2D eigenvalue weighted by molar-refractivity contribution is -0.129. The van der Waals surface area contributed by atoms with Crippen LogP contribution in [0, 0.1) is 12.8 Å². The predicted molar refractivity (Wildman–Crippen MR) is 144 cm³/mol. The number of likely N-dealkylation sites (tertiary alicyclic amines) is 1. The summed E-state index contributed by atoms with van der Waals surface area (Å²) < 4.78 is 28.1. The number of carbonyl (C=O) groups excluding carboxylic acids is 1. The van der Waals surface area contributed by atoms with Gasteiger partial charge in [0, 0.05) is 43.4 Å². The first-order chi connectivity index (χ1) is 18.3. The number of benzene rings is 2. The second kappa shape index (κ2) is 10.5. The highest BCUT2D eigenvalue weighted by Crippen LogP contribution is 2.37. The Morgan fingerprint density at radius 1 is 1.16 bits per heavy atom. The lowest BCUT2D eigenvalue weighted by atomic mass is 10.0. The van der Waals surface area contributed by atoms with Gasteiger partial charge in [-0.3, -0.25) is 14.2 Å². The maximum absolute atomic E-state index is 13.0. The van der Waals surface area contributed by atoms with Crippen molar-refractivity contribution in [1.82, 2.24) is 24.5 Å². The van der Waals surface area contributed by atoms with Crippen molar-refractivity contribution in [2.24, 2.45) is 13.0 Å². The monoisotopic (exact) mass is 519 g/mol. The van der Waals surface area contributed by atoms with Crippen molar-refractivity contribution in [2.75, 3.05) is 20.3 Å². The summed E-state index contributed by atoms with van der Waals surface area (Å²) in [5, 5.41) is 9.90. The van der Waals surface area contributed by atoms with Crippen molar-refractivity contribution < 1.29 is 18.7 Å². The van der Waals surface area contributed by atoms with E-state index in [-0.39, 0.29) is 30.5 Å². The van der Waals surface area contributed by atoms with Gasteiger partial charge in [0.25, 0.3) is 0 Å². The maximum Gasteiger partial charge on any atom is 0.223 e. The third-order valence-electron chi connectivity index (χ3n) is 7.70. The van der Waals surface area contributed by atoms with Crippen molar-refractivity contribution in [2.45, 2.75) is 45.9 Å². The Balaban J connectivity index is 1.38. The molecule has 9 heteroatoms. The summed E-state index contributed by atoms with van der Waals surface area (Å²) in [6, 6.07) is 11.8. The van der Waals surface area contributed by atoms with Gasteiger partial charge < -0.3 is 14.4 Å². The molecule has 0 spiro atoms. The van der Waals surface area contributed by atoms with Gasteiger partial charge in [-0.2, -0.15) is 10.2 Å². The highest BCUT2D eigenvalue weighted by molar-refractivity contribution is 5.92. The number of aryl methyl sites for hydroxylation is 3. The molecule has 2 aromatic carbocycles. The first-order valence-corrected chi connectivity index (χ1v) is 12.9.